The first-order chi connectivity index (χ1) is 10.3. The number of halogens is 4. The lowest BCUT2D eigenvalue weighted by Crippen LogP contribution is -2.27. The molecule has 1 N–H and O–H groups in total. The summed E-state index contributed by atoms with van der Waals surface area (Å²) >= 11 is 3.21. The number of hydrogen-bond donors (Lipinski definition) is 1. The van der Waals surface area contributed by atoms with E-state index in [-0.39, 0.29) is 23.8 Å². The number of aromatic amines is 1. The van der Waals surface area contributed by atoms with E-state index in [1.165, 1.54) is 30.1 Å². The number of nitrogens with one attached hydrogen (secondary N) is 1. The molecule has 8 heteroatoms. The van der Waals surface area contributed by atoms with E-state index in [0.717, 1.165) is 0 Å². The second kappa shape index (κ2) is 6.43. The molecule has 0 aliphatic carbocycles. The Bertz CT molecular complexity index is 670. The molecule has 1 aromatic carbocycles. The molecule has 0 spiro atoms. The van der Waals surface area contributed by atoms with Gasteiger partial charge in [-0.15, -0.1) is 13.2 Å². The quantitative estimate of drug-likeness (QED) is 0.877. The maximum absolute atomic E-state index is 12.4. The molecular formula is C14H12BrF3N2O2. The highest BCUT2D eigenvalue weighted by atomic mass is 79.9. The second-order valence-corrected chi connectivity index (χ2v) is 5.46. The highest BCUT2D eigenvalue weighted by Crippen LogP contribution is 2.27. The predicted octanol–water partition coefficient (Wildman–Crippen LogP) is 3.95. The van der Waals surface area contributed by atoms with Gasteiger partial charge in [-0.1, -0.05) is 18.2 Å². The molecule has 0 saturated heterocycles. The largest absolute Gasteiger partial charge is 0.573 e. The highest BCUT2D eigenvalue weighted by molar-refractivity contribution is 9.10. The van der Waals surface area contributed by atoms with Gasteiger partial charge in [-0.05, 0) is 28.1 Å². The smallest absolute Gasteiger partial charge is 0.405 e. The van der Waals surface area contributed by atoms with Crippen molar-refractivity contribution in [2.45, 2.75) is 12.9 Å². The standard InChI is InChI=1S/C14H12BrF3N2O2/c1-20(13(21)11-6-10(15)7-19-11)8-9-4-2-3-5-12(9)22-14(16,17)18/h2-7,19H,8H2,1H3. The lowest BCUT2D eigenvalue weighted by atomic mass is 10.2. The normalized spacial score (nSPS) is 11.3. The molecule has 0 fully saturated rings. The van der Waals surface area contributed by atoms with E-state index in [4.69, 9.17) is 0 Å². The van der Waals surface area contributed by atoms with Crippen molar-refractivity contribution in [1.82, 2.24) is 9.88 Å². The van der Waals surface area contributed by atoms with E-state index in [0.29, 0.717) is 10.2 Å². The lowest BCUT2D eigenvalue weighted by molar-refractivity contribution is -0.274. The average molecular weight is 377 g/mol. The minimum atomic E-state index is -4.77. The number of aromatic nitrogens is 1. The van der Waals surface area contributed by atoms with Crippen molar-refractivity contribution in [2.24, 2.45) is 0 Å². The molecular weight excluding hydrogens is 365 g/mol. The molecule has 2 rings (SSSR count). The number of ether oxygens (including phenoxy) is 1. The molecule has 22 heavy (non-hydrogen) atoms. The van der Waals surface area contributed by atoms with Gasteiger partial charge in [0.15, 0.2) is 0 Å². The van der Waals surface area contributed by atoms with Crippen LogP contribution in [0.4, 0.5) is 13.2 Å². The summed E-state index contributed by atoms with van der Waals surface area (Å²) < 4.78 is 41.8. The van der Waals surface area contributed by atoms with Gasteiger partial charge in [0.2, 0.25) is 0 Å². The fourth-order valence-corrected chi connectivity index (χ4v) is 2.23. The van der Waals surface area contributed by atoms with Crippen LogP contribution in [0.1, 0.15) is 16.1 Å². The maximum atomic E-state index is 12.4. The summed E-state index contributed by atoms with van der Waals surface area (Å²) in [6.45, 7) is -0.0122. The van der Waals surface area contributed by atoms with Gasteiger partial charge in [0, 0.05) is 29.8 Å². The van der Waals surface area contributed by atoms with Crippen molar-refractivity contribution in [3.05, 3.63) is 52.3 Å². The van der Waals surface area contributed by atoms with Crippen molar-refractivity contribution in [3.63, 3.8) is 0 Å². The molecule has 118 valence electrons. The Morgan fingerprint density at radius 3 is 2.64 bits per heavy atom. The van der Waals surface area contributed by atoms with Crippen LogP contribution in [0.25, 0.3) is 0 Å². The van der Waals surface area contributed by atoms with Crippen molar-refractivity contribution in [3.8, 4) is 5.75 Å². The Balaban J connectivity index is 2.15. The molecule has 0 bridgehead atoms. The summed E-state index contributed by atoms with van der Waals surface area (Å²) in [7, 11) is 1.50. The number of hydrogen-bond acceptors (Lipinski definition) is 2. The fourth-order valence-electron chi connectivity index (χ4n) is 1.88. The van der Waals surface area contributed by atoms with E-state index in [2.05, 4.69) is 25.7 Å². The first-order valence-electron chi connectivity index (χ1n) is 6.19. The van der Waals surface area contributed by atoms with Crippen LogP contribution >= 0.6 is 15.9 Å². The minimum Gasteiger partial charge on any atom is -0.405 e. The van der Waals surface area contributed by atoms with Crippen LogP contribution in [-0.4, -0.2) is 29.2 Å². The Kier molecular flexibility index (Phi) is 4.80. The molecule has 0 radical (unpaired) electrons. The van der Waals surface area contributed by atoms with Crippen molar-refractivity contribution in [2.75, 3.05) is 7.05 Å². The van der Waals surface area contributed by atoms with E-state index < -0.39 is 6.36 Å². The van der Waals surface area contributed by atoms with Gasteiger partial charge in [-0.2, -0.15) is 0 Å². The Morgan fingerprint density at radius 2 is 2.05 bits per heavy atom. The summed E-state index contributed by atoms with van der Waals surface area (Å²) in [4.78, 5) is 16.2. The molecule has 0 atom stereocenters. The highest BCUT2D eigenvalue weighted by Gasteiger charge is 2.32. The summed E-state index contributed by atoms with van der Waals surface area (Å²) in [6, 6.07) is 7.31. The topological polar surface area (TPSA) is 45.3 Å². The summed E-state index contributed by atoms with van der Waals surface area (Å²) in [5.74, 6) is -0.658. The average Bonchev–Trinajstić information content (AvgIpc) is 2.85. The van der Waals surface area contributed by atoms with E-state index >= 15 is 0 Å². The van der Waals surface area contributed by atoms with E-state index in [1.54, 1.807) is 18.3 Å². The predicted molar refractivity (Wildman–Crippen MR) is 77.4 cm³/mol. The van der Waals surface area contributed by atoms with Gasteiger partial charge in [-0.3, -0.25) is 4.79 Å². The van der Waals surface area contributed by atoms with Crippen molar-refractivity contribution >= 4 is 21.8 Å². The zero-order valence-electron chi connectivity index (χ0n) is 11.4. The molecule has 1 heterocycles. The van der Waals surface area contributed by atoms with Gasteiger partial charge in [0.05, 0.1) is 0 Å². The third kappa shape index (κ3) is 4.27. The van der Waals surface area contributed by atoms with Crippen molar-refractivity contribution in [1.29, 1.82) is 0 Å². The SMILES string of the molecule is CN(Cc1ccccc1OC(F)(F)F)C(=O)c1cc(Br)c[nH]1. The Labute approximate surface area is 133 Å². The van der Waals surface area contributed by atoms with Crippen LogP contribution in [0.15, 0.2) is 41.0 Å². The zero-order valence-corrected chi connectivity index (χ0v) is 13.0. The van der Waals surface area contributed by atoms with E-state index in [1.807, 2.05) is 0 Å². The van der Waals surface area contributed by atoms with Gasteiger partial charge < -0.3 is 14.6 Å². The van der Waals surface area contributed by atoms with E-state index in [9.17, 15) is 18.0 Å². The third-order valence-electron chi connectivity index (χ3n) is 2.83. The molecule has 1 aromatic heterocycles. The molecule has 0 aliphatic rings. The van der Waals surface area contributed by atoms with Crippen LogP contribution in [-0.2, 0) is 6.54 Å². The number of amides is 1. The summed E-state index contributed by atoms with van der Waals surface area (Å²) in [6.07, 6.45) is -3.18. The monoisotopic (exact) mass is 376 g/mol. The number of rotatable bonds is 4. The molecule has 4 nitrogen and oxygen atoms in total. The number of carbonyl (C=O) groups excluding carboxylic acids is 1. The molecule has 2 aromatic rings. The Morgan fingerprint density at radius 1 is 1.36 bits per heavy atom. The number of nitrogens with zero attached hydrogens (tertiary/aromatic N) is 1. The first kappa shape index (κ1) is 16.4. The maximum Gasteiger partial charge on any atom is 0.573 e. The van der Waals surface area contributed by atoms with Crippen LogP contribution in [0.5, 0.6) is 5.75 Å². The second-order valence-electron chi connectivity index (χ2n) is 4.55. The summed E-state index contributed by atoms with van der Waals surface area (Å²) in [5.41, 5.74) is 0.602. The molecule has 1 amide bonds. The summed E-state index contributed by atoms with van der Waals surface area (Å²) in [5, 5.41) is 0. The third-order valence-corrected chi connectivity index (χ3v) is 3.29. The van der Waals surface area contributed by atoms with Crippen LogP contribution < -0.4 is 4.74 Å². The van der Waals surface area contributed by atoms with Gasteiger partial charge in [0.25, 0.3) is 5.91 Å². The van der Waals surface area contributed by atoms with Gasteiger partial charge >= 0.3 is 6.36 Å². The molecule has 0 unspecified atom stereocenters. The number of alkyl halides is 3. The van der Waals surface area contributed by atoms with Crippen LogP contribution in [0.3, 0.4) is 0 Å². The van der Waals surface area contributed by atoms with Crippen LogP contribution in [0, 0.1) is 0 Å². The Hall–Kier alpha value is -1.96. The van der Waals surface area contributed by atoms with Crippen LogP contribution in [0.2, 0.25) is 0 Å². The zero-order chi connectivity index (χ0) is 16.3. The van der Waals surface area contributed by atoms with Crippen molar-refractivity contribution < 1.29 is 22.7 Å². The number of H-pyrrole nitrogens is 1. The van der Waals surface area contributed by atoms with Gasteiger partial charge in [-0.25, -0.2) is 0 Å². The number of benzene rings is 1. The fraction of sp³-hybridized carbons (Fsp3) is 0.214. The first-order valence-corrected chi connectivity index (χ1v) is 6.98. The van der Waals surface area contributed by atoms with Gasteiger partial charge in [0.1, 0.15) is 11.4 Å². The number of carbonyl (C=O) groups is 1. The number of para-hydroxylation sites is 1. The molecule has 0 saturated carbocycles. The lowest BCUT2D eigenvalue weighted by Gasteiger charge is -2.19. The molecule has 0 aliphatic heterocycles. The minimum absolute atomic E-state index is 0.0122.